The molecule has 8 N–H and O–H groups in total. The first-order valence-electron chi connectivity index (χ1n) is 11.7. The van der Waals surface area contributed by atoms with E-state index in [1.807, 2.05) is 44.2 Å². The summed E-state index contributed by atoms with van der Waals surface area (Å²) < 4.78 is 0. The fourth-order valence-corrected chi connectivity index (χ4v) is 3.37. The van der Waals surface area contributed by atoms with E-state index in [9.17, 15) is 24.3 Å². The van der Waals surface area contributed by atoms with Gasteiger partial charge in [0.25, 0.3) is 0 Å². The van der Waals surface area contributed by atoms with Gasteiger partial charge in [-0.05, 0) is 57.1 Å². The van der Waals surface area contributed by atoms with Gasteiger partial charge in [-0.2, -0.15) is 0 Å². The minimum atomic E-state index is -1.14. The average Bonchev–Trinajstić information content (AvgIpc) is 2.78. The number of nitrogens with one attached hydrogen (secondary N) is 3. The fourth-order valence-electron chi connectivity index (χ4n) is 3.37. The van der Waals surface area contributed by atoms with Gasteiger partial charge in [-0.15, -0.1) is 0 Å². The molecule has 0 bridgehead atoms. The topological polar surface area (TPSA) is 177 Å². The van der Waals surface area contributed by atoms with E-state index in [1.54, 1.807) is 0 Å². The molecule has 1 aromatic carbocycles. The quantitative estimate of drug-likeness (QED) is 0.197. The largest absolute Gasteiger partial charge is 0.480 e. The number of amides is 3. The van der Waals surface area contributed by atoms with Crippen molar-refractivity contribution in [1.82, 2.24) is 16.0 Å². The van der Waals surface area contributed by atoms with E-state index >= 15 is 0 Å². The zero-order valence-electron chi connectivity index (χ0n) is 20.3. The predicted molar refractivity (Wildman–Crippen MR) is 130 cm³/mol. The standard InChI is InChI=1S/C24H39N5O5/c1-15(2)13-20(24(33)34)29-21(30)16(3)27-23(32)19(11-7-8-12-25)28-22(31)18(26)14-17-9-5-4-6-10-17/h4-6,9-10,15-16,18-20H,7-8,11-14,25-26H2,1-3H3,(H,27,32)(H,28,31)(H,29,30)(H,33,34). The molecule has 1 rings (SSSR count). The summed E-state index contributed by atoms with van der Waals surface area (Å²) in [5, 5.41) is 17.0. The third-order valence-electron chi connectivity index (χ3n) is 5.29. The van der Waals surface area contributed by atoms with Crippen molar-refractivity contribution in [3.05, 3.63) is 35.9 Å². The molecule has 0 spiro atoms. The molecule has 4 atom stereocenters. The Labute approximate surface area is 201 Å². The van der Waals surface area contributed by atoms with E-state index < -0.39 is 47.9 Å². The molecular formula is C24H39N5O5. The van der Waals surface area contributed by atoms with Gasteiger partial charge in [-0.1, -0.05) is 44.2 Å². The molecule has 0 fully saturated rings. The Morgan fingerprint density at radius 1 is 0.882 bits per heavy atom. The number of nitrogens with two attached hydrogens (primary N) is 2. The highest BCUT2D eigenvalue weighted by atomic mass is 16.4. The lowest BCUT2D eigenvalue weighted by atomic mass is 10.0. The molecule has 0 aliphatic rings. The number of aliphatic carboxylic acids is 1. The van der Waals surface area contributed by atoms with Crippen LogP contribution in [0.4, 0.5) is 0 Å². The molecule has 0 saturated heterocycles. The van der Waals surface area contributed by atoms with Crippen molar-refractivity contribution in [3.8, 4) is 0 Å². The monoisotopic (exact) mass is 477 g/mol. The van der Waals surface area contributed by atoms with Gasteiger partial charge in [0.15, 0.2) is 0 Å². The molecule has 0 heterocycles. The molecule has 0 aliphatic carbocycles. The highest BCUT2D eigenvalue weighted by Gasteiger charge is 2.28. The van der Waals surface area contributed by atoms with Crippen molar-refractivity contribution in [2.75, 3.05) is 6.54 Å². The third kappa shape index (κ3) is 10.8. The highest BCUT2D eigenvalue weighted by molar-refractivity contribution is 5.93. The Kier molecular flexibility index (Phi) is 12.8. The van der Waals surface area contributed by atoms with E-state index in [0.29, 0.717) is 32.2 Å². The number of benzene rings is 1. The lowest BCUT2D eigenvalue weighted by Crippen LogP contribution is -2.56. The van der Waals surface area contributed by atoms with Crippen LogP contribution in [0.2, 0.25) is 0 Å². The van der Waals surface area contributed by atoms with Crippen LogP contribution < -0.4 is 27.4 Å². The van der Waals surface area contributed by atoms with Gasteiger partial charge in [0.2, 0.25) is 17.7 Å². The predicted octanol–water partition coefficient (Wildman–Crippen LogP) is 0.290. The van der Waals surface area contributed by atoms with Gasteiger partial charge in [0.05, 0.1) is 6.04 Å². The normalized spacial score (nSPS) is 14.5. The summed E-state index contributed by atoms with van der Waals surface area (Å²) in [6.45, 7) is 5.61. The first-order chi connectivity index (χ1) is 16.0. The second-order valence-electron chi connectivity index (χ2n) is 8.90. The smallest absolute Gasteiger partial charge is 0.326 e. The molecule has 1 aromatic rings. The number of carboxylic acid groups (broad SMARTS) is 1. The van der Waals surface area contributed by atoms with Crippen LogP contribution in [0.1, 0.15) is 52.0 Å². The number of carboxylic acids is 1. The van der Waals surface area contributed by atoms with Gasteiger partial charge in [0.1, 0.15) is 18.1 Å². The van der Waals surface area contributed by atoms with Crippen molar-refractivity contribution in [1.29, 1.82) is 0 Å². The zero-order chi connectivity index (χ0) is 25.7. The Morgan fingerprint density at radius 3 is 2.06 bits per heavy atom. The summed E-state index contributed by atoms with van der Waals surface area (Å²) in [7, 11) is 0. The van der Waals surface area contributed by atoms with Crippen LogP contribution in [0.15, 0.2) is 30.3 Å². The van der Waals surface area contributed by atoms with Gasteiger partial charge in [-0.3, -0.25) is 14.4 Å². The Bertz CT molecular complexity index is 802. The summed E-state index contributed by atoms with van der Waals surface area (Å²) >= 11 is 0. The molecule has 4 unspecified atom stereocenters. The summed E-state index contributed by atoms with van der Waals surface area (Å²) in [4.78, 5) is 49.4. The van der Waals surface area contributed by atoms with E-state index in [2.05, 4.69) is 16.0 Å². The highest BCUT2D eigenvalue weighted by Crippen LogP contribution is 2.07. The second kappa shape index (κ2) is 15.0. The Morgan fingerprint density at radius 2 is 1.50 bits per heavy atom. The maximum absolute atomic E-state index is 12.9. The van der Waals surface area contributed by atoms with Crippen LogP contribution in [-0.2, 0) is 25.6 Å². The second-order valence-corrected chi connectivity index (χ2v) is 8.90. The maximum atomic E-state index is 12.9. The number of hydrogen-bond donors (Lipinski definition) is 6. The SMILES string of the molecule is CC(C)CC(NC(=O)C(C)NC(=O)C(CCCCN)NC(=O)C(N)Cc1ccccc1)C(=O)O. The number of rotatable bonds is 15. The molecule has 190 valence electrons. The molecule has 10 heteroatoms. The maximum Gasteiger partial charge on any atom is 0.326 e. The van der Waals surface area contributed by atoms with Crippen LogP contribution >= 0.6 is 0 Å². The lowest BCUT2D eigenvalue weighted by Gasteiger charge is -2.24. The summed E-state index contributed by atoms with van der Waals surface area (Å²) in [6.07, 6.45) is 2.17. The molecule has 0 saturated carbocycles. The van der Waals surface area contributed by atoms with E-state index in [1.165, 1.54) is 6.92 Å². The minimum Gasteiger partial charge on any atom is -0.480 e. The van der Waals surface area contributed by atoms with Crippen molar-refractivity contribution in [2.24, 2.45) is 17.4 Å². The number of carbonyl (C=O) groups is 4. The molecule has 0 aliphatic heterocycles. The first-order valence-corrected chi connectivity index (χ1v) is 11.7. The summed E-state index contributed by atoms with van der Waals surface area (Å²) in [5.41, 5.74) is 12.5. The lowest BCUT2D eigenvalue weighted by molar-refractivity contribution is -0.142. The minimum absolute atomic E-state index is 0.0635. The van der Waals surface area contributed by atoms with Gasteiger partial charge in [0, 0.05) is 0 Å². The van der Waals surface area contributed by atoms with Crippen LogP contribution in [0.3, 0.4) is 0 Å². The van der Waals surface area contributed by atoms with Crippen molar-refractivity contribution < 1.29 is 24.3 Å². The third-order valence-corrected chi connectivity index (χ3v) is 5.29. The van der Waals surface area contributed by atoms with Crippen molar-refractivity contribution >= 4 is 23.7 Å². The summed E-state index contributed by atoms with van der Waals surface area (Å²) in [6, 6.07) is 5.51. The molecule has 0 radical (unpaired) electrons. The van der Waals surface area contributed by atoms with E-state index in [-0.39, 0.29) is 12.3 Å². The number of hydrogen-bond acceptors (Lipinski definition) is 6. The summed E-state index contributed by atoms with van der Waals surface area (Å²) in [5.74, 6) is -2.71. The molecular weight excluding hydrogens is 438 g/mol. The van der Waals surface area contributed by atoms with Gasteiger partial charge < -0.3 is 32.5 Å². The van der Waals surface area contributed by atoms with Gasteiger partial charge >= 0.3 is 5.97 Å². The Balaban J connectivity index is 2.77. The van der Waals surface area contributed by atoms with Crippen molar-refractivity contribution in [3.63, 3.8) is 0 Å². The van der Waals surface area contributed by atoms with Crippen LogP contribution in [0, 0.1) is 5.92 Å². The average molecular weight is 478 g/mol. The van der Waals surface area contributed by atoms with Crippen LogP contribution in [-0.4, -0.2) is 59.5 Å². The number of unbranched alkanes of at least 4 members (excludes halogenated alkanes) is 1. The van der Waals surface area contributed by atoms with Crippen LogP contribution in [0.25, 0.3) is 0 Å². The molecule has 10 nitrogen and oxygen atoms in total. The Hall–Kier alpha value is -2.98. The van der Waals surface area contributed by atoms with Gasteiger partial charge in [-0.25, -0.2) is 4.79 Å². The van der Waals surface area contributed by atoms with E-state index in [4.69, 9.17) is 11.5 Å². The van der Waals surface area contributed by atoms with Crippen molar-refractivity contribution in [2.45, 2.75) is 77.0 Å². The number of carbonyl (C=O) groups excluding carboxylic acids is 3. The fraction of sp³-hybridized carbons (Fsp3) is 0.583. The van der Waals surface area contributed by atoms with E-state index in [0.717, 1.165) is 5.56 Å². The van der Waals surface area contributed by atoms with Crippen LogP contribution in [0.5, 0.6) is 0 Å². The molecule has 3 amide bonds. The molecule has 0 aromatic heterocycles. The zero-order valence-corrected chi connectivity index (χ0v) is 20.3. The molecule has 34 heavy (non-hydrogen) atoms. The first kappa shape index (κ1) is 29.1.